The normalized spacial score (nSPS) is 20.1. The van der Waals surface area contributed by atoms with Gasteiger partial charge in [0.1, 0.15) is 12.1 Å². The Morgan fingerprint density at radius 1 is 1.00 bits per heavy atom. The molecule has 2 fully saturated rings. The molecule has 0 unspecified atom stereocenters. The Balaban J connectivity index is 1.10. The molecular formula is C31H39F3N6O2S. The summed E-state index contributed by atoms with van der Waals surface area (Å²) < 4.78 is 66.7. The van der Waals surface area contributed by atoms with Crippen LogP contribution in [0.2, 0.25) is 0 Å². The van der Waals surface area contributed by atoms with Crippen LogP contribution in [-0.4, -0.2) is 74.5 Å². The molecular weight excluding hydrogens is 577 g/mol. The van der Waals surface area contributed by atoms with E-state index in [-0.39, 0.29) is 16.7 Å². The van der Waals surface area contributed by atoms with Crippen LogP contribution in [0.1, 0.15) is 44.2 Å². The van der Waals surface area contributed by atoms with Crippen molar-refractivity contribution in [2.24, 2.45) is 11.3 Å². The van der Waals surface area contributed by atoms with Gasteiger partial charge in [0, 0.05) is 43.5 Å². The molecule has 0 atom stereocenters. The van der Waals surface area contributed by atoms with Gasteiger partial charge >= 0.3 is 6.18 Å². The molecule has 6 rings (SSSR count). The number of nitrogens with zero attached hydrogens (tertiary/aromatic N) is 5. The fourth-order valence-corrected chi connectivity index (χ4v) is 7.67. The highest BCUT2D eigenvalue weighted by Crippen LogP contribution is 2.44. The number of rotatable bonds is 7. The van der Waals surface area contributed by atoms with Crippen LogP contribution in [0.4, 0.5) is 30.4 Å². The lowest BCUT2D eigenvalue weighted by molar-refractivity contribution is -0.127. The second-order valence-corrected chi connectivity index (χ2v) is 14.8. The number of anilines is 3. The summed E-state index contributed by atoms with van der Waals surface area (Å²) >= 11 is 0. The van der Waals surface area contributed by atoms with Crippen molar-refractivity contribution in [2.45, 2.75) is 52.3 Å². The van der Waals surface area contributed by atoms with E-state index in [4.69, 9.17) is 0 Å². The molecule has 0 aliphatic carbocycles. The second-order valence-electron chi connectivity index (χ2n) is 12.9. The lowest BCUT2D eigenvalue weighted by atomic mass is 9.72. The third-order valence-electron chi connectivity index (χ3n) is 9.03. The van der Waals surface area contributed by atoms with E-state index >= 15 is 0 Å². The molecule has 3 aliphatic rings. The Labute approximate surface area is 251 Å². The molecule has 12 heteroatoms. The SMILES string of the molecule is CC(C)CCN1CCS(=O)(=O)Nc2ccc(CN3CCC4(CC3)CN(c3ncnc5ccc(CC(F)(F)F)cc35)C4)cc21. The van der Waals surface area contributed by atoms with E-state index < -0.39 is 22.6 Å². The maximum absolute atomic E-state index is 13.0. The van der Waals surface area contributed by atoms with Gasteiger partial charge in [-0.25, -0.2) is 18.4 Å². The monoisotopic (exact) mass is 616 g/mol. The van der Waals surface area contributed by atoms with Crippen molar-refractivity contribution in [1.82, 2.24) is 14.9 Å². The minimum absolute atomic E-state index is 0.0832. The summed E-state index contributed by atoms with van der Waals surface area (Å²) in [6.45, 7) is 10.0. The smallest absolute Gasteiger partial charge is 0.369 e. The zero-order chi connectivity index (χ0) is 30.4. The highest BCUT2D eigenvalue weighted by Gasteiger charge is 2.45. The number of hydrogen-bond donors (Lipinski definition) is 1. The minimum Gasteiger partial charge on any atom is -0.369 e. The first kappa shape index (κ1) is 29.9. The molecule has 2 saturated heterocycles. The molecule has 43 heavy (non-hydrogen) atoms. The fourth-order valence-electron chi connectivity index (χ4n) is 6.60. The molecule has 1 spiro atoms. The average molecular weight is 617 g/mol. The molecule has 0 bridgehead atoms. The van der Waals surface area contributed by atoms with Crippen LogP contribution in [0.3, 0.4) is 0 Å². The van der Waals surface area contributed by atoms with Gasteiger partial charge in [0.05, 0.1) is 29.1 Å². The molecule has 0 radical (unpaired) electrons. The van der Waals surface area contributed by atoms with Crippen LogP contribution in [-0.2, 0) is 23.0 Å². The number of nitrogens with one attached hydrogen (secondary N) is 1. The van der Waals surface area contributed by atoms with E-state index in [1.54, 1.807) is 12.1 Å². The lowest BCUT2D eigenvalue weighted by Crippen LogP contribution is -2.60. The van der Waals surface area contributed by atoms with E-state index in [0.29, 0.717) is 34.9 Å². The van der Waals surface area contributed by atoms with Gasteiger partial charge in [-0.15, -0.1) is 0 Å². The number of piperidine rings is 1. The van der Waals surface area contributed by atoms with Crippen molar-refractivity contribution in [3.8, 4) is 0 Å². The van der Waals surface area contributed by atoms with E-state index in [0.717, 1.165) is 64.2 Å². The number of hydrogen-bond acceptors (Lipinski definition) is 7. The van der Waals surface area contributed by atoms with Crippen LogP contribution < -0.4 is 14.5 Å². The number of halogens is 3. The molecule has 0 saturated carbocycles. The van der Waals surface area contributed by atoms with Gasteiger partial charge in [-0.1, -0.05) is 26.0 Å². The number of fused-ring (bicyclic) bond motifs is 2. The molecule has 3 aromatic rings. The predicted octanol–water partition coefficient (Wildman–Crippen LogP) is 5.44. The maximum atomic E-state index is 13.0. The molecule has 1 N–H and O–H groups in total. The number of benzene rings is 2. The molecule has 8 nitrogen and oxygen atoms in total. The first-order valence-electron chi connectivity index (χ1n) is 15.0. The van der Waals surface area contributed by atoms with Crippen molar-refractivity contribution in [2.75, 3.05) is 59.5 Å². The summed E-state index contributed by atoms with van der Waals surface area (Å²) in [4.78, 5) is 15.6. The largest absolute Gasteiger partial charge is 0.393 e. The average Bonchev–Trinajstić information content (AvgIpc) is 3.04. The highest BCUT2D eigenvalue weighted by atomic mass is 32.2. The Hall–Kier alpha value is -3.12. The standard InChI is InChI=1S/C31H39F3N6O2S/c1-22(2)7-10-39-13-14-43(41,42)37-27-6-4-24(16-28(27)39)18-38-11-8-30(9-12-38)19-40(20-30)29-25-15-23(17-31(32,33)34)3-5-26(25)35-21-36-29/h3-6,15-16,21-22,37H,7-14,17-20H2,1-2H3. The molecule has 1 aromatic heterocycles. The lowest BCUT2D eigenvalue weighted by Gasteiger charge is -2.54. The zero-order valence-corrected chi connectivity index (χ0v) is 25.5. The molecule has 4 heterocycles. The van der Waals surface area contributed by atoms with Crippen LogP contribution in [0.5, 0.6) is 0 Å². The van der Waals surface area contributed by atoms with Gasteiger partial charge in [-0.2, -0.15) is 13.2 Å². The quantitative estimate of drug-likeness (QED) is 0.379. The Morgan fingerprint density at radius 3 is 2.47 bits per heavy atom. The van der Waals surface area contributed by atoms with Gasteiger partial charge in [0.2, 0.25) is 10.0 Å². The summed E-state index contributed by atoms with van der Waals surface area (Å²) in [5, 5.41) is 0.671. The van der Waals surface area contributed by atoms with E-state index in [1.165, 1.54) is 18.0 Å². The van der Waals surface area contributed by atoms with E-state index in [9.17, 15) is 21.6 Å². The van der Waals surface area contributed by atoms with Crippen LogP contribution in [0.25, 0.3) is 10.9 Å². The summed E-state index contributed by atoms with van der Waals surface area (Å²) in [6, 6.07) is 10.8. The summed E-state index contributed by atoms with van der Waals surface area (Å²) in [7, 11) is -3.36. The van der Waals surface area contributed by atoms with Crippen molar-refractivity contribution in [3.05, 3.63) is 53.9 Å². The van der Waals surface area contributed by atoms with E-state index in [1.807, 2.05) is 12.1 Å². The Bertz CT molecular complexity index is 1580. The van der Waals surface area contributed by atoms with Gasteiger partial charge in [-0.05, 0) is 73.7 Å². The highest BCUT2D eigenvalue weighted by molar-refractivity contribution is 7.92. The van der Waals surface area contributed by atoms with Crippen molar-refractivity contribution in [1.29, 1.82) is 0 Å². The molecule has 0 amide bonds. The topological polar surface area (TPSA) is 81.7 Å². The third kappa shape index (κ3) is 6.85. The van der Waals surface area contributed by atoms with Crippen LogP contribution in [0.15, 0.2) is 42.7 Å². The minimum atomic E-state index is -4.26. The number of aromatic nitrogens is 2. The maximum Gasteiger partial charge on any atom is 0.393 e. The van der Waals surface area contributed by atoms with Crippen LogP contribution in [0, 0.1) is 11.3 Å². The van der Waals surface area contributed by atoms with Crippen molar-refractivity contribution >= 4 is 38.1 Å². The third-order valence-corrected chi connectivity index (χ3v) is 10.3. The number of alkyl halides is 3. The first-order valence-corrected chi connectivity index (χ1v) is 16.7. The zero-order valence-electron chi connectivity index (χ0n) is 24.7. The van der Waals surface area contributed by atoms with E-state index in [2.05, 4.69) is 49.3 Å². The second kappa shape index (κ2) is 11.4. The summed E-state index contributed by atoms with van der Waals surface area (Å²) in [5.41, 5.74) is 3.83. The fraction of sp³-hybridized carbons (Fsp3) is 0.548. The van der Waals surface area contributed by atoms with Gasteiger partial charge < -0.3 is 9.80 Å². The van der Waals surface area contributed by atoms with Gasteiger partial charge in [-0.3, -0.25) is 9.62 Å². The predicted molar refractivity (Wildman–Crippen MR) is 164 cm³/mol. The van der Waals surface area contributed by atoms with Gasteiger partial charge in [0.15, 0.2) is 0 Å². The molecule has 2 aromatic carbocycles. The summed E-state index contributed by atoms with van der Waals surface area (Å²) in [5.74, 6) is 1.33. The number of likely N-dealkylation sites (tertiary alicyclic amines) is 1. The van der Waals surface area contributed by atoms with Crippen LogP contribution >= 0.6 is 0 Å². The van der Waals surface area contributed by atoms with Crippen molar-refractivity contribution < 1.29 is 21.6 Å². The molecule has 232 valence electrons. The first-order chi connectivity index (χ1) is 20.4. The van der Waals surface area contributed by atoms with Gasteiger partial charge in [0.25, 0.3) is 0 Å². The number of sulfonamides is 1. The Morgan fingerprint density at radius 2 is 1.74 bits per heavy atom. The van der Waals surface area contributed by atoms with Crippen molar-refractivity contribution in [3.63, 3.8) is 0 Å². The Kier molecular flexibility index (Phi) is 7.95. The summed E-state index contributed by atoms with van der Waals surface area (Å²) in [6.07, 6.45) is -0.666. The molecule has 3 aliphatic heterocycles.